The van der Waals surface area contributed by atoms with Gasteiger partial charge in [0.1, 0.15) is 0 Å². The number of ether oxygens (including phenoxy) is 1. The van der Waals surface area contributed by atoms with Gasteiger partial charge in [0, 0.05) is 19.7 Å². The van der Waals surface area contributed by atoms with E-state index in [1.54, 1.807) is 10.4 Å². The second-order valence-corrected chi connectivity index (χ2v) is 9.35. The first-order valence-electron chi connectivity index (χ1n) is 9.35. The topological polar surface area (TPSA) is 49.9 Å². The summed E-state index contributed by atoms with van der Waals surface area (Å²) in [5.41, 5.74) is 2.52. The summed E-state index contributed by atoms with van der Waals surface area (Å²) in [6.07, 6.45) is 5.98. The molecule has 1 aliphatic carbocycles. The van der Waals surface area contributed by atoms with Crippen LogP contribution in [0, 0.1) is 0 Å². The minimum absolute atomic E-state index is 0.189. The maximum atomic E-state index is 12.9. The van der Waals surface area contributed by atoms with Crippen molar-refractivity contribution in [2.45, 2.75) is 49.5 Å². The molecule has 1 aromatic carbocycles. The van der Waals surface area contributed by atoms with Crippen molar-refractivity contribution in [3.05, 3.63) is 29.3 Å². The van der Waals surface area contributed by atoms with Crippen molar-refractivity contribution < 1.29 is 13.2 Å². The fraction of sp³-hybridized carbons (Fsp3) is 0.684. The van der Waals surface area contributed by atoms with E-state index in [0.717, 1.165) is 51.7 Å². The lowest BCUT2D eigenvalue weighted by Gasteiger charge is -2.31. The average molecular weight is 367 g/mol. The maximum Gasteiger partial charge on any atom is 0.243 e. The monoisotopic (exact) mass is 366 g/mol. The van der Waals surface area contributed by atoms with Gasteiger partial charge < -0.3 is 9.64 Å². The van der Waals surface area contributed by atoms with Crippen LogP contribution in [0.15, 0.2) is 23.1 Å². The Balaban J connectivity index is 1.53. The zero-order chi connectivity index (χ0) is 17.9. The molecule has 6 heteroatoms. The van der Waals surface area contributed by atoms with Gasteiger partial charge in [-0.2, -0.15) is 4.31 Å². The molecule has 0 spiro atoms. The highest BCUT2D eigenvalue weighted by atomic mass is 32.2. The van der Waals surface area contributed by atoms with Crippen LogP contribution in [0.5, 0.6) is 0 Å². The molecule has 1 aromatic rings. The molecule has 0 aromatic heterocycles. The van der Waals surface area contributed by atoms with Crippen LogP contribution in [-0.2, 0) is 27.6 Å². The van der Waals surface area contributed by atoms with Crippen LogP contribution in [0.1, 0.15) is 36.8 Å². The number of nitrogens with zero attached hydrogens (tertiary/aromatic N) is 2. The molecule has 2 aliphatic rings. The summed E-state index contributed by atoms with van der Waals surface area (Å²) in [5, 5.41) is 0. The molecule has 0 atom stereocenters. The number of rotatable bonds is 7. The van der Waals surface area contributed by atoms with Crippen molar-refractivity contribution in [2.75, 3.05) is 40.3 Å². The van der Waals surface area contributed by atoms with E-state index in [4.69, 9.17) is 4.74 Å². The zero-order valence-electron chi connectivity index (χ0n) is 15.4. The van der Waals surface area contributed by atoms with Crippen LogP contribution in [0.3, 0.4) is 0 Å². The molecule has 0 amide bonds. The van der Waals surface area contributed by atoms with Crippen molar-refractivity contribution in [3.63, 3.8) is 0 Å². The lowest BCUT2D eigenvalue weighted by atomic mass is 10.1. The molecule has 25 heavy (non-hydrogen) atoms. The normalized spacial score (nSPS) is 19.5. The van der Waals surface area contributed by atoms with E-state index >= 15 is 0 Å². The quantitative estimate of drug-likeness (QED) is 0.695. The van der Waals surface area contributed by atoms with E-state index in [0.29, 0.717) is 18.0 Å². The van der Waals surface area contributed by atoms with Gasteiger partial charge in [0.25, 0.3) is 0 Å². The summed E-state index contributed by atoms with van der Waals surface area (Å²) < 4.78 is 33.4. The van der Waals surface area contributed by atoms with E-state index in [9.17, 15) is 8.42 Å². The van der Waals surface area contributed by atoms with Crippen LogP contribution < -0.4 is 0 Å². The highest BCUT2D eigenvalue weighted by Gasteiger charge is 2.30. The predicted octanol–water partition coefficient (Wildman–Crippen LogP) is 2.30. The Morgan fingerprint density at radius 1 is 1.16 bits per heavy atom. The fourth-order valence-corrected chi connectivity index (χ4v) is 5.25. The van der Waals surface area contributed by atoms with Gasteiger partial charge in [0.05, 0.1) is 11.0 Å². The summed E-state index contributed by atoms with van der Waals surface area (Å²) >= 11 is 0. The van der Waals surface area contributed by atoms with Gasteiger partial charge in [-0.3, -0.25) is 0 Å². The molecule has 140 valence electrons. The molecule has 1 fully saturated rings. The molecule has 0 saturated carbocycles. The molecular formula is C19H30N2O3S. The lowest BCUT2D eigenvalue weighted by Crippen LogP contribution is -2.41. The van der Waals surface area contributed by atoms with Gasteiger partial charge in [-0.15, -0.1) is 0 Å². The van der Waals surface area contributed by atoms with Gasteiger partial charge in [-0.05, 0) is 82.4 Å². The third-order valence-electron chi connectivity index (χ3n) is 5.21. The first-order chi connectivity index (χ1) is 12.0. The minimum atomic E-state index is -3.37. The Kier molecular flexibility index (Phi) is 6.15. The molecule has 1 saturated heterocycles. The number of hydrogen-bond acceptors (Lipinski definition) is 4. The smallest absolute Gasteiger partial charge is 0.243 e. The summed E-state index contributed by atoms with van der Waals surface area (Å²) in [4.78, 5) is 2.60. The minimum Gasteiger partial charge on any atom is -0.378 e. The fourth-order valence-electron chi connectivity index (χ4n) is 3.73. The van der Waals surface area contributed by atoms with Gasteiger partial charge >= 0.3 is 0 Å². The molecule has 0 radical (unpaired) electrons. The van der Waals surface area contributed by atoms with E-state index in [-0.39, 0.29) is 6.10 Å². The maximum absolute atomic E-state index is 12.9. The van der Waals surface area contributed by atoms with Gasteiger partial charge in [0.2, 0.25) is 10.0 Å². The molecule has 1 heterocycles. The second kappa shape index (κ2) is 8.16. The van der Waals surface area contributed by atoms with Crippen molar-refractivity contribution >= 4 is 10.0 Å². The summed E-state index contributed by atoms with van der Waals surface area (Å²) in [5.74, 6) is 0. The Labute approximate surface area is 152 Å². The van der Waals surface area contributed by atoms with Crippen LogP contribution in [0.25, 0.3) is 0 Å². The van der Waals surface area contributed by atoms with Crippen molar-refractivity contribution in [1.82, 2.24) is 9.21 Å². The Morgan fingerprint density at radius 2 is 1.88 bits per heavy atom. The van der Waals surface area contributed by atoms with Crippen LogP contribution >= 0.6 is 0 Å². The number of aryl methyl sites for hydroxylation is 2. The SMILES string of the molecule is CN(C)CCCOC1CCN(S(=O)(=O)c2ccc3c(c2)CCC3)CC1. The first-order valence-corrected chi connectivity index (χ1v) is 10.8. The number of sulfonamides is 1. The molecule has 3 rings (SSSR count). The largest absolute Gasteiger partial charge is 0.378 e. The zero-order valence-corrected chi connectivity index (χ0v) is 16.2. The summed E-state index contributed by atoms with van der Waals surface area (Å²) in [7, 11) is 0.743. The average Bonchev–Trinajstić information content (AvgIpc) is 3.06. The predicted molar refractivity (Wildman–Crippen MR) is 99.4 cm³/mol. The Hall–Kier alpha value is -0.950. The number of hydrogen-bond donors (Lipinski definition) is 0. The van der Waals surface area contributed by atoms with Crippen LogP contribution in [0.2, 0.25) is 0 Å². The highest BCUT2D eigenvalue weighted by molar-refractivity contribution is 7.89. The molecule has 0 unspecified atom stereocenters. The van der Waals surface area contributed by atoms with Gasteiger partial charge in [0.15, 0.2) is 0 Å². The molecular weight excluding hydrogens is 336 g/mol. The van der Waals surface area contributed by atoms with Crippen molar-refractivity contribution in [1.29, 1.82) is 0 Å². The third kappa shape index (κ3) is 4.61. The summed E-state index contributed by atoms with van der Waals surface area (Å²) in [6.45, 7) is 2.88. The second-order valence-electron chi connectivity index (χ2n) is 7.42. The number of fused-ring (bicyclic) bond motifs is 1. The highest BCUT2D eigenvalue weighted by Crippen LogP contribution is 2.28. The standard InChI is InChI=1S/C19H30N2O3S/c1-20(2)11-4-14-24-18-9-12-21(13-10-18)25(22,23)19-8-7-16-5-3-6-17(16)15-19/h7-8,15,18H,3-6,9-14H2,1-2H3. The third-order valence-corrected chi connectivity index (χ3v) is 7.11. The number of benzene rings is 1. The van der Waals surface area contributed by atoms with Crippen molar-refractivity contribution in [3.8, 4) is 0 Å². The van der Waals surface area contributed by atoms with Gasteiger partial charge in [-0.25, -0.2) is 8.42 Å². The van der Waals surface area contributed by atoms with E-state index < -0.39 is 10.0 Å². The van der Waals surface area contributed by atoms with E-state index in [1.807, 2.05) is 12.1 Å². The molecule has 0 N–H and O–H groups in total. The van der Waals surface area contributed by atoms with Gasteiger partial charge in [-0.1, -0.05) is 6.07 Å². The van der Waals surface area contributed by atoms with Crippen molar-refractivity contribution in [2.24, 2.45) is 0 Å². The summed E-state index contributed by atoms with van der Waals surface area (Å²) in [6, 6.07) is 5.67. The number of piperidine rings is 1. The first kappa shape index (κ1) is 18.8. The van der Waals surface area contributed by atoms with E-state index in [1.165, 1.54) is 11.1 Å². The Bertz CT molecular complexity index is 680. The van der Waals surface area contributed by atoms with Crippen LogP contribution in [0.4, 0.5) is 0 Å². The van der Waals surface area contributed by atoms with Crippen LogP contribution in [-0.4, -0.2) is 64.1 Å². The molecule has 5 nitrogen and oxygen atoms in total. The molecule has 1 aliphatic heterocycles. The lowest BCUT2D eigenvalue weighted by molar-refractivity contribution is 0.0181. The Morgan fingerprint density at radius 3 is 2.60 bits per heavy atom. The van der Waals surface area contributed by atoms with E-state index in [2.05, 4.69) is 19.0 Å². The molecule has 0 bridgehead atoms.